The average molecular weight is 382 g/mol. The van der Waals surface area contributed by atoms with Crippen LogP contribution in [0.3, 0.4) is 0 Å². The van der Waals surface area contributed by atoms with Crippen molar-refractivity contribution in [3.63, 3.8) is 0 Å². The summed E-state index contributed by atoms with van der Waals surface area (Å²) in [4.78, 5) is 0.134. The molecule has 3 N–H and O–H groups in total. The molecule has 0 fully saturated rings. The Morgan fingerprint density at radius 3 is 2.22 bits per heavy atom. The van der Waals surface area contributed by atoms with Crippen LogP contribution < -0.4 is 15.2 Å². The molecule has 27 heavy (non-hydrogen) atoms. The van der Waals surface area contributed by atoms with E-state index in [1.54, 1.807) is 12.1 Å². The minimum atomic E-state index is -3.64. The summed E-state index contributed by atoms with van der Waals surface area (Å²) in [7, 11) is -3.64. The molecule has 0 aliphatic carbocycles. The topological polar surface area (TPSA) is 81.4 Å². The van der Waals surface area contributed by atoms with Crippen LogP contribution in [0, 0.1) is 0 Å². The van der Waals surface area contributed by atoms with Crippen molar-refractivity contribution in [1.29, 1.82) is 0 Å². The van der Waals surface area contributed by atoms with Crippen LogP contribution in [-0.4, -0.2) is 15.0 Å². The normalized spacial score (nSPS) is 11.3. The molecule has 3 rings (SSSR count). The first-order valence-corrected chi connectivity index (χ1v) is 10.2. The van der Waals surface area contributed by atoms with Gasteiger partial charge >= 0.3 is 0 Å². The summed E-state index contributed by atoms with van der Waals surface area (Å²) in [5, 5.41) is 8.49. The second-order valence-corrected chi connectivity index (χ2v) is 7.74. The molecule has 0 aliphatic rings. The Labute approximate surface area is 159 Å². The Morgan fingerprint density at radius 1 is 0.815 bits per heavy atom. The number of para-hydroxylation sites is 1. The molecule has 0 atom stereocenters. The Morgan fingerprint density at radius 2 is 1.52 bits per heavy atom. The molecule has 3 aromatic rings. The van der Waals surface area contributed by atoms with Crippen molar-refractivity contribution >= 4 is 10.0 Å². The van der Waals surface area contributed by atoms with Gasteiger partial charge in [-0.15, -0.1) is 0 Å². The highest BCUT2D eigenvalue weighted by atomic mass is 32.2. The van der Waals surface area contributed by atoms with Crippen LogP contribution in [0.2, 0.25) is 0 Å². The summed E-state index contributed by atoms with van der Waals surface area (Å²) >= 11 is 0. The number of nitrogens with one attached hydrogen (secondary N) is 1. The van der Waals surface area contributed by atoms with Gasteiger partial charge in [-0.25, -0.2) is 13.6 Å². The number of nitrogens with two attached hydrogens (primary N) is 1. The van der Waals surface area contributed by atoms with Gasteiger partial charge in [-0.1, -0.05) is 42.5 Å². The van der Waals surface area contributed by atoms with Gasteiger partial charge in [-0.05, 0) is 60.5 Å². The van der Waals surface area contributed by atoms with Crippen LogP contribution in [0.15, 0.2) is 83.8 Å². The number of hydrogen-bond donors (Lipinski definition) is 2. The highest BCUT2D eigenvalue weighted by molar-refractivity contribution is 7.89. The van der Waals surface area contributed by atoms with Crippen molar-refractivity contribution < 1.29 is 13.2 Å². The van der Waals surface area contributed by atoms with Crippen LogP contribution in [0.5, 0.6) is 11.5 Å². The van der Waals surface area contributed by atoms with Gasteiger partial charge < -0.3 is 10.1 Å². The second kappa shape index (κ2) is 8.81. The maximum absolute atomic E-state index is 11.3. The van der Waals surface area contributed by atoms with Gasteiger partial charge in [-0.2, -0.15) is 0 Å². The van der Waals surface area contributed by atoms with E-state index in [9.17, 15) is 8.42 Å². The van der Waals surface area contributed by atoms with E-state index in [0.29, 0.717) is 0 Å². The smallest absolute Gasteiger partial charge is 0.238 e. The summed E-state index contributed by atoms with van der Waals surface area (Å²) < 4.78 is 28.4. The fourth-order valence-electron chi connectivity index (χ4n) is 2.65. The zero-order valence-electron chi connectivity index (χ0n) is 14.8. The molecule has 0 bridgehead atoms. The molecular weight excluding hydrogens is 360 g/mol. The summed E-state index contributed by atoms with van der Waals surface area (Å²) in [6.45, 7) is 1.50. The third-order valence-corrected chi connectivity index (χ3v) is 4.98. The van der Waals surface area contributed by atoms with Crippen LogP contribution in [0.4, 0.5) is 0 Å². The van der Waals surface area contributed by atoms with E-state index in [1.807, 2.05) is 54.6 Å². The van der Waals surface area contributed by atoms with Crippen molar-refractivity contribution in [1.82, 2.24) is 5.32 Å². The number of rotatable bonds is 8. The van der Waals surface area contributed by atoms with E-state index in [-0.39, 0.29) is 4.90 Å². The minimum Gasteiger partial charge on any atom is -0.457 e. The summed E-state index contributed by atoms with van der Waals surface area (Å²) in [5.74, 6) is 1.62. The first-order chi connectivity index (χ1) is 13.0. The molecule has 6 heteroatoms. The first-order valence-electron chi connectivity index (χ1n) is 8.65. The molecule has 0 heterocycles. The zero-order valence-corrected chi connectivity index (χ0v) is 15.7. The van der Waals surface area contributed by atoms with Crippen LogP contribution in [0.1, 0.15) is 11.1 Å². The molecule has 0 spiro atoms. The Kier molecular flexibility index (Phi) is 6.24. The van der Waals surface area contributed by atoms with E-state index in [4.69, 9.17) is 9.88 Å². The summed E-state index contributed by atoms with van der Waals surface area (Å²) in [5.41, 5.74) is 2.18. The Balaban J connectivity index is 1.48. The number of ether oxygens (including phenoxy) is 1. The molecule has 0 saturated carbocycles. The van der Waals surface area contributed by atoms with Gasteiger partial charge in [0.25, 0.3) is 0 Å². The lowest BCUT2D eigenvalue weighted by Crippen LogP contribution is -2.17. The highest BCUT2D eigenvalue weighted by Crippen LogP contribution is 2.21. The van der Waals surface area contributed by atoms with Gasteiger partial charge in [0.1, 0.15) is 11.5 Å². The third kappa shape index (κ3) is 5.92. The fourth-order valence-corrected chi connectivity index (χ4v) is 3.17. The lowest BCUT2D eigenvalue weighted by Gasteiger charge is -2.09. The zero-order chi connectivity index (χ0) is 19.1. The van der Waals surface area contributed by atoms with Gasteiger partial charge in [-0.3, -0.25) is 0 Å². The van der Waals surface area contributed by atoms with E-state index < -0.39 is 10.0 Å². The molecule has 0 aromatic heterocycles. The SMILES string of the molecule is NS(=O)(=O)c1ccc(CCNCc2cccc(Oc3ccccc3)c2)cc1. The average Bonchev–Trinajstić information content (AvgIpc) is 2.66. The second-order valence-electron chi connectivity index (χ2n) is 6.18. The molecule has 3 aromatic carbocycles. The predicted molar refractivity (Wildman–Crippen MR) is 106 cm³/mol. The third-order valence-electron chi connectivity index (χ3n) is 4.05. The molecule has 0 unspecified atom stereocenters. The van der Waals surface area contributed by atoms with Gasteiger partial charge in [0.15, 0.2) is 0 Å². The van der Waals surface area contributed by atoms with E-state index in [0.717, 1.165) is 42.1 Å². The Bertz CT molecular complexity index is 972. The first kappa shape index (κ1) is 19.1. The predicted octanol–water partition coefficient (Wildman–Crippen LogP) is 3.46. The number of primary sulfonamides is 1. The number of hydrogen-bond acceptors (Lipinski definition) is 4. The molecule has 0 radical (unpaired) electrons. The fraction of sp³-hybridized carbons (Fsp3) is 0.143. The molecule has 0 amide bonds. The van der Waals surface area contributed by atoms with Crippen LogP contribution in [-0.2, 0) is 23.0 Å². The molecule has 0 saturated heterocycles. The number of sulfonamides is 1. The summed E-state index contributed by atoms with van der Waals surface area (Å²) in [6, 6.07) is 24.3. The maximum Gasteiger partial charge on any atom is 0.238 e. The minimum absolute atomic E-state index is 0.134. The Hall–Kier alpha value is -2.67. The van der Waals surface area contributed by atoms with Crippen molar-refractivity contribution in [3.8, 4) is 11.5 Å². The largest absolute Gasteiger partial charge is 0.457 e. The quantitative estimate of drug-likeness (QED) is 0.585. The molecule has 0 aliphatic heterocycles. The van der Waals surface area contributed by atoms with Crippen molar-refractivity contribution in [2.45, 2.75) is 17.9 Å². The van der Waals surface area contributed by atoms with E-state index >= 15 is 0 Å². The number of benzene rings is 3. The van der Waals surface area contributed by atoms with E-state index in [1.165, 1.54) is 12.1 Å². The van der Waals surface area contributed by atoms with Crippen molar-refractivity contribution in [3.05, 3.63) is 90.0 Å². The molecule has 140 valence electrons. The van der Waals surface area contributed by atoms with Gasteiger partial charge in [0.2, 0.25) is 10.0 Å². The van der Waals surface area contributed by atoms with Gasteiger partial charge in [0, 0.05) is 6.54 Å². The van der Waals surface area contributed by atoms with Crippen LogP contribution >= 0.6 is 0 Å². The lowest BCUT2D eigenvalue weighted by molar-refractivity contribution is 0.481. The standard InChI is InChI=1S/C21H22N2O3S/c22-27(24,25)21-11-9-17(10-12-21)13-14-23-16-18-5-4-8-20(15-18)26-19-6-2-1-3-7-19/h1-12,15,23H,13-14,16H2,(H2,22,24,25). The monoisotopic (exact) mass is 382 g/mol. The lowest BCUT2D eigenvalue weighted by atomic mass is 10.1. The van der Waals surface area contributed by atoms with Crippen molar-refractivity contribution in [2.24, 2.45) is 5.14 Å². The molecular formula is C21H22N2O3S. The highest BCUT2D eigenvalue weighted by Gasteiger charge is 2.06. The summed E-state index contributed by atoms with van der Waals surface area (Å²) in [6.07, 6.45) is 0.797. The molecule has 5 nitrogen and oxygen atoms in total. The maximum atomic E-state index is 11.3. The van der Waals surface area contributed by atoms with Crippen molar-refractivity contribution in [2.75, 3.05) is 6.54 Å². The van der Waals surface area contributed by atoms with E-state index in [2.05, 4.69) is 5.32 Å². The van der Waals surface area contributed by atoms with Gasteiger partial charge in [0.05, 0.1) is 4.90 Å². The van der Waals surface area contributed by atoms with Crippen LogP contribution in [0.25, 0.3) is 0 Å².